The summed E-state index contributed by atoms with van der Waals surface area (Å²) in [6.07, 6.45) is 15.4. The lowest BCUT2D eigenvalue weighted by molar-refractivity contribution is -0.142. The molecule has 0 aromatic heterocycles. The first-order valence-electron chi connectivity index (χ1n) is 13.5. The van der Waals surface area contributed by atoms with Gasteiger partial charge in [-0.15, -0.1) is 0 Å². The first-order chi connectivity index (χ1) is 16.6. The molecule has 0 spiro atoms. The van der Waals surface area contributed by atoms with Gasteiger partial charge in [0.1, 0.15) is 11.8 Å². The minimum absolute atomic E-state index is 0.211. The van der Waals surface area contributed by atoms with E-state index in [1.165, 1.54) is 37.7 Å². The average molecular weight is 460 g/mol. The molecule has 0 aliphatic heterocycles. The van der Waals surface area contributed by atoms with Crippen molar-refractivity contribution in [3.8, 4) is 11.8 Å². The quantitative estimate of drug-likeness (QED) is 0.182. The second-order valence-electron chi connectivity index (χ2n) is 9.94. The monoisotopic (exact) mass is 459 g/mol. The summed E-state index contributed by atoms with van der Waals surface area (Å²) in [6, 6.07) is 16.6. The number of rotatable bonds is 12. The summed E-state index contributed by atoms with van der Waals surface area (Å²) in [6.45, 7) is 4.40. The van der Waals surface area contributed by atoms with Crippen molar-refractivity contribution in [3.05, 3.63) is 64.7 Å². The Hall–Kier alpha value is -2.60. The number of hydrogen-bond donors (Lipinski definition) is 0. The molecule has 2 aromatic rings. The fraction of sp³-hybridized carbons (Fsp3) is 0.548. The molecule has 0 unspecified atom stereocenters. The first-order valence-corrected chi connectivity index (χ1v) is 13.5. The van der Waals surface area contributed by atoms with E-state index in [4.69, 9.17) is 4.74 Å². The SMILES string of the molecule is CCCCCCCc1ccc(C2(C(=O)Oc3ccc(CCCC)cc3C#N)CCCCC2)cc1. The van der Waals surface area contributed by atoms with Crippen LogP contribution in [0.3, 0.4) is 0 Å². The van der Waals surface area contributed by atoms with Crippen LogP contribution in [0.5, 0.6) is 5.75 Å². The van der Waals surface area contributed by atoms with E-state index < -0.39 is 5.41 Å². The molecule has 0 amide bonds. The second-order valence-corrected chi connectivity index (χ2v) is 9.94. The van der Waals surface area contributed by atoms with Gasteiger partial charge in [0.25, 0.3) is 0 Å². The molecule has 2 aromatic carbocycles. The van der Waals surface area contributed by atoms with E-state index >= 15 is 0 Å². The van der Waals surface area contributed by atoms with Crippen LogP contribution in [0.15, 0.2) is 42.5 Å². The summed E-state index contributed by atoms with van der Waals surface area (Å²) in [7, 11) is 0. The molecule has 3 nitrogen and oxygen atoms in total. The highest BCUT2D eigenvalue weighted by Crippen LogP contribution is 2.41. The lowest BCUT2D eigenvalue weighted by atomic mass is 9.69. The van der Waals surface area contributed by atoms with Crippen LogP contribution < -0.4 is 4.74 Å². The standard InChI is InChI=1S/C31H41NO2/c1-3-5-7-8-10-14-25-15-18-28(19-16-25)31(21-11-9-12-22-31)30(33)34-29-20-17-26(13-6-4-2)23-27(29)24-32/h15-20,23H,3-14,21-22H2,1-2H3. The van der Waals surface area contributed by atoms with Crippen LogP contribution in [0, 0.1) is 11.3 Å². The minimum Gasteiger partial charge on any atom is -0.424 e. The van der Waals surface area contributed by atoms with Gasteiger partial charge < -0.3 is 4.74 Å². The largest absolute Gasteiger partial charge is 0.424 e. The number of esters is 1. The van der Waals surface area contributed by atoms with Crippen LogP contribution in [0.25, 0.3) is 0 Å². The molecule has 1 saturated carbocycles. The van der Waals surface area contributed by atoms with Crippen molar-refractivity contribution in [1.82, 2.24) is 0 Å². The van der Waals surface area contributed by atoms with Gasteiger partial charge in [0.05, 0.1) is 11.0 Å². The summed E-state index contributed by atoms with van der Waals surface area (Å²) in [5.74, 6) is 0.179. The first kappa shape index (κ1) is 26.0. The molecule has 1 fully saturated rings. The second kappa shape index (κ2) is 13.3. The Morgan fingerprint density at radius 3 is 2.18 bits per heavy atom. The molecule has 0 bridgehead atoms. The maximum atomic E-state index is 13.6. The third kappa shape index (κ3) is 6.72. The predicted octanol–water partition coefficient (Wildman–Crippen LogP) is 8.22. The van der Waals surface area contributed by atoms with E-state index in [0.29, 0.717) is 11.3 Å². The van der Waals surface area contributed by atoms with Crippen molar-refractivity contribution >= 4 is 5.97 Å². The number of hydrogen-bond acceptors (Lipinski definition) is 3. The Bertz CT molecular complexity index is 948. The van der Waals surface area contributed by atoms with Gasteiger partial charge in [0.15, 0.2) is 0 Å². The number of benzene rings is 2. The van der Waals surface area contributed by atoms with Gasteiger partial charge in [-0.05, 0) is 67.3 Å². The van der Waals surface area contributed by atoms with E-state index in [1.54, 1.807) is 6.07 Å². The lowest BCUT2D eigenvalue weighted by Gasteiger charge is -2.35. The molecular formula is C31H41NO2. The van der Waals surface area contributed by atoms with Crippen molar-refractivity contribution in [2.24, 2.45) is 0 Å². The average Bonchev–Trinajstić information content (AvgIpc) is 2.88. The number of unbranched alkanes of at least 4 members (excludes halogenated alkanes) is 5. The van der Waals surface area contributed by atoms with Crippen LogP contribution in [-0.2, 0) is 23.1 Å². The summed E-state index contributed by atoms with van der Waals surface area (Å²) < 4.78 is 5.96. The highest BCUT2D eigenvalue weighted by Gasteiger charge is 2.43. The molecule has 34 heavy (non-hydrogen) atoms. The fourth-order valence-corrected chi connectivity index (χ4v) is 5.18. The van der Waals surface area contributed by atoms with Crippen LogP contribution >= 0.6 is 0 Å². The van der Waals surface area contributed by atoms with Crippen LogP contribution in [-0.4, -0.2) is 5.97 Å². The molecule has 0 heterocycles. The summed E-state index contributed by atoms with van der Waals surface area (Å²) in [5.41, 5.74) is 3.35. The molecule has 182 valence electrons. The zero-order valence-electron chi connectivity index (χ0n) is 21.2. The van der Waals surface area contributed by atoms with Crippen molar-refractivity contribution in [2.45, 2.75) is 109 Å². The third-order valence-electron chi connectivity index (χ3n) is 7.36. The van der Waals surface area contributed by atoms with Crippen molar-refractivity contribution < 1.29 is 9.53 Å². The van der Waals surface area contributed by atoms with Gasteiger partial charge in [-0.2, -0.15) is 5.26 Å². The maximum absolute atomic E-state index is 13.6. The molecular weight excluding hydrogens is 418 g/mol. The molecule has 3 rings (SSSR count). The molecule has 1 aliphatic rings. The summed E-state index contributed by atoms with van der Waals surface area (Å²) in [5, 5.41) is 9.68. The molecule has 3 heteroatoms. The zero-order valence-corrected chi connectivity index (χ0v) is 21.2. The fourth-order valence-electron chi connectivity index (χ4n) is 5.18. The molecule has 0 atom stereocenters. The zero-order chi connectivity index (χ0) is 24.2. The van der Waals surface area contributed by atoms with Gasteiger partial charge in [0.2, 0.25) is 0 Å². The minimum atomic E-state index is -0.620. The van der Waals surface area contributed by atoms with Gasteiger partial charge in [-0.3, -0.25) is 4.79 Å². The molecule has 0 radical (unpaired) electrons. The Kier molecular flexibility index (Phi) is 10.2. The van der Waals surface area contributed by atoms with Gasteiger partial charge in [0, 0.05) is 0 Å². The number of ether oxygens (including phenoxy) is 1. The van der Waals surface area contributed by atoms with Gasteiger partial charge in [-0.25, -0.2) is 0 Å². The van der Waals surface area contributed by atoms with Crippen molar-refractivity contribution in [3.63, 3.8) is 0 Å². The molecule has 0 saturated heterocycles. The van der Waals surface area contributed by atoms with E-state index in [2.05, 4.69) is 44.2 Å². The Morgan fingerprint density at radius 1 is 0.853 bits per heavy atom. The number of nitriles is 1. The number of nitrogens with zero attached hydrogens (tertiary/aromatic N) is 1. The van der Waals surface area contributed by atoms with Gasteiger partial charge in [-0.1, -0.05) is 95.5 Å². The van der Waals surface area contributed by atoms with E-state index in [0.717, 1.165) is 68.9 Å². The van der Waals surface area contributed by atoms with E-state index in [1.807, 2.05) is 12.1 Å². The third-order valence-corrected chi connectivity index (χ3v) is 7.36. The molecule has 1 aliphatic carbocycles. The smallest absolute Gasteiger partial charge is 0.321 e. The van der Waals surface area contributed by atoms with E-state index in [9.17, 15) is 10.1 Å². The normalized spacial score (nSPS) is 15.0. The van der Waals surface area contributed by atoms with Crippen molar-refractivity contribution in [1.29, 1.82) is 5.26 Å². The van der Waals surface area contributed by atoms with Crippen LogP contribution in [0.2, 0.25) is 0 Å². The molecule has 0 N–H and O–H groups in total. The highest BCUT2D eigenvalue weighted by atomic mass is 16.5. The topological polar surface area (TPSA) is 50.1 Å². The number of carbonyl (C=O) groups excluding carboxylic acids is 1. The summed E-state index contributed by atoms with van der Waals surface area (Å²) in [4.78, 5) is 13.6. The lowest BCUT2D eigenvalue weighted by Crippen LogP contribution is -2.41. The summed E-state index contributed by atoms with van der Waals surface area (Å²) >= 11 is 0. The Labute approximate surface area is 206 Å². The Morgan fingerprint density at radius 2 is 1.50 bits per heavy atom. The van der Waals surface area contributed by atoms with Crippen LogP contribution in [0.4, 0.5) is 0 Å². The number of carbonyl (C=O) groups is 1. The van der Waals surface area contributed by atoms with Crippen molar-refractivity contribution in [2.75, 3.05) is 0 Å². The predicted molar refractivity (Wildman–Crippen MR) is 139 cm³/mol. The maximum Gasteiger partial charge on any atom is 0.321 e. The van der Waals surface area contributed by atoms with Gasteiger partial charge >= 0.3 is 5.97 Å². The number of aryl methyl sites for hydroxylation is 2. The highest BCUT2D eigenvalue weighted by molar-refractivity contribution is 5.85. The van der Waals surface area contributed by atoms with Crippen LogP contribution in [0.1, 0.15) is 113 Å². The van der Waals surface area contributed by atoms with E-state index in [-0.39, 0.29) is 5.97 Å². The Balaban J connectivity index is 1.75.